The number of alkyl halides is 3. The van der Waals surface area contributed by atoms with Gasteiger partial charge in [0.05, 0.1) is 23.8 Å². The lowest BCUT2D eigenvalue weighted by Crippen LogP contribution is -2.03. The molecule has 0 aliphatic rings. The van der Waals surface area contributed by atoms with E-state index in [9.17, 15) is 13.2 Å². The zero-order chi connectivity index (χ0) is 27.1. The molecule has 10 heteroatoms. The van der Waals surface area contributed by atoms with Crippen molar-refractivity contribution in [3.63, 3.8) is 0 Å². The number of nitrogens with one attached hydrogen (secondary N) is 1. The summed E-state index contributed by atoms with van der Waals surface area (Å²) in [6.45, 7) is 0.229. The van der Waals surface area contributed by atoms with Gasteiger partial charge in [0.2, 0.25) is 5.89 Å². The fraction of sp³-hybridized carbons (Fsp3) is 0.207. The minimum atomic E-state index is -4.36. The molecule has 0 aliphatic carbocycles. The maximum absolute atomic E-state index is 12.7. The van der Waals surface area contributed by atoms with E-state index in [2.05, 4.69) is 19.9 Å². The number of halogens is 3. The van der Waals surface area contributed by atoms with Crippen molar-refractivity contribution in [2.45, 2.75) is 38.5 Å². The highest BCUT2D eigenvalue weighted by Gasteiger charge is 2.29. The highest BCUT2D eigenvalue weighted by atomic mass is 19.4. The SMILES string of the molecule is FC(F)(F)c1ccc(/C=C/c2nc(COc3ccc(CCCCc4ncoc4-c4cnc[nH]4)cc3)co2)cc1. The summed E-state index contributed by atoms with van der Waals surface area (Å²) in [4.78, 5) is 15.7. The number of aryl methyl sites for hydroxylation is 2. The number of benzene rings is 2. The smallest absolute Gasteiger partial charge is 0.416 e. The van der Waals surface area contributed by atoms with Crippen molar-refractivity contribution in [3.8, 4) is 17.2 Å². The van der Waals surface area contributed by atoms with E-state index in [1.807, 2.05) is 24.3 Å². The van der Waals surface area contributed by atoms with Crippen molar-refractivity contribution in [2.24, 2.45) is 0 Å². The molecule has 1 N–H and O–H groups in total. The fourth-order valence-corrected chi connectivity index (χ4v) is 3.99. The Bertz CT molecular complexity index is 1490. The van der Waals surface area contributed by atoms with Crippen LogP contribution < -0.4 is 4.74 Å². The van der Waals surface area contributed by atoms with Crippen molar-refractivity contribution in [2.75, 3.05) is 0 Å². The standard InChI is InChI=1S/C29H25F3N4O3/c30-29(31,32)22-10-5-21(6-11-22)9-14-27-36-23(17-38-27)16-37-24-12-7-20(8-13-24)3-1-2-4-25-28(39-19-35-25)26-15-33-18-34-26/h5-15,17-19H,1-4,16H2,(H,33,34)/b14-9+. The van der Waals surface area contributed by atoms with Gasteiger partial charge in [-0.05, 0) is 67.2 Å². The number of aromatic nitrogens is 4. The zero-order valence-electron chi connectivity index (χ0n) is 20.8. The van der Waals surface area contributed by atoms with E-state index < -0.39 is 11.7 Å². The molecule has 0 unspecified atom stereocenters. The molecule has 5 aromatic rings. The topological polar surface area (TPSA) is 90.0 Å². The maximum Gasteiger partial charge on any atom is 0.416 e. The van der Waals surface area contributed by atoms with Gasteiger partial charge in [-0.3, -0.25) is 0 Å². The summed E-state index contributed by atoms with van der Waals surface area (Å²) in [5, 5.41) is 0. The number of nitrogens with zero attached hydrogens (tertiary/aromatic N) is 3. The lowest BCUT2D eigenvalue weighted by atomic mass is 10.1. The van der Waals surface area contributed by atoms with Gasteiger partial charge in [-0.15, -0.1) is 0 Å². The monoisotopic (exact) mass is 534 g/mol. The number of unbranched alkanes of at least 4 members (excludes halogenated alkanes) is 1. The van der Waals surface area contributed by atoms with Gasteiger partial charge in [-0.2, -0.15) is 13.2 Å². The van der Waals surface area contributed by atoms with Gasteiger partial charge in [-0.1, -0.05) is 24.3 Å². The van der Waals surface area contributed by atoms with Crippen molar-refractivity contribution in [1.82, 2.24) is 19.9 Å². The first-order chi connectivity index (χ1) is 18.9. The molecule has 0 atom stereocenters. The van der Waals surface area contributed by atoms with Crippen molar-refractivity contribution < 1.29 is 26.7 Å². The number of imidazole rings is 1. The van der Waals surface area contributed by atoms with Crippen molar-refractivity contribution in [3.05, 3.63) is 108 Å². The van der Waals surface area contributed by atoms with Gasteiger partial charge < -0.3 is 18.6 Å². The Morgan fingerprint density at radius 2 is 1.72 bits per heavy atom. The Hall–Kier alpha value is -4.60. The van der Waals surface area contributed by atoms with Crippen LogP contribution in [-0.2, 0) is 25.6 Å². The van der Waals surface area contributed by atoms with Crippen LogP contribution in [0.1, 0.15) is 46.8 Å². The van der Waals surface area contributed by atoms with Crippen LogP contribution in [0.5, 0.6) is 5.75 Å². The molecule has 7 nitrogen and oxygen atoms in total. The zero-order valence-corrected chi connectivity index (χ0v) is 20.8. The number of hydrogen-bond donors (Lipinski definition) is 1. The van der Waals surface area contributed by atoms with Crippen LogP contribution in [0.2, 0.25) is 0 Å². The predicted octanol–water partition coefficient (Wildman–Crippen LogP) is 7.39. The highest BCUT2D eigenvalue weighted by Crippen LogP contribution is 2.29. The number of rotatable bonds is 11. The first-order valence-electron chi connectivity index (χ1n) is 12.4. The molecule has 0 spiro atoms. The number of hydrogen-bond acceptors (Lipinski definition) is 6. The molecule has 0 saturated carbocycles. The second kappa shape index (κ2) is 11.8. The Labute approximate surface area is 222 Å². The van der Waals surface area contributed by atoms with E-state index >= 15 is 0 Å². The number of ether oxygens (including phenoxy) is 1. The summed E-state index contributed by atoms with van der Waals surface area (Å²) in [6, 6.07) is 12.8. The Balaban J connectivity index is 1.05. The van der Waals surface area contributed by atoms with Crippen LogP contribution in [0, 0.1) is 0 Å². The first kappa shape index (κ1) is 26.0. The average molecular weight is 535 g/mol. The van der Waals surface area contributed by atoms with Crippen LogP contribution in [0.25, 0.3) is 23.6 Å². The highest BCUT2D eigenvalue weighted by molar-refractivity contribution is 5.66. The summed E-state index contributed by atoms with van der Waals surface area (Å²) in [7, 11) is 0. The third-order valence-electron chi connectivity index (χ3n) is 6.05. The van der Waals surface area contributed by atoms with Gasteiger partial charge in [0.1, 0.15) is 30.0 Å². The molecule has 39 heavy (non-hydrogen) atoms. The largest absolute Gasteiger partial charge is 0.487 e. The third-order valence-corrected chi connectivity index (χ3v) is 6.05. The van der Waals surface area contributed by atoms with E-state index in [0.717, 1.165) is 60.7 Å². The summed E-state index contributed by atoms with van der Waals surface area (Å²) < 4.78 is 54.8. The number of oxazole rings is 2. The Morgan fingerprint density at radius 3 is 2.46 bits per heavy atom. The molecule has 3 aromatic heterocycles. The molecule has 2 aromatic carbocycles. The fourth-order valence-electron chi connectivity index (χ4n) is 3.99. The van der Waals surface area contributed by atoms with E-state index in [0.29, 0.717) is 17.1 Å². The minimum absolute atomic E-state index is 0.229. The maximum atomic E-state index is 12.7. The summed E-state index contributed by atoms with van der Waals surface area (Å²) in [6.07, 6.45) is 8.93. The molecule has 0 fully saturated rings. The molecular formula is C29H25F3N4O3. The van der Waals surface area contributed by atoms with Gasteiger partial charge in [0, 0.05) is 6.08 Å². The quantitative estimate of drug-likeness (QED) is 0.178. The van der Waals surface area contributed by atoms with E-state index in [4.69, 9.17) is 13.6 Å². The molecule has 0 saturated heterocycles. The second-order valence-electron chi connectivity index (χ2n) is 8.86. The molecule has 0 amide bonds. The molecule has 0 bridgehead atoms. The summed E-state index contributed by atoms with van der Waals surface area (Å²) in [5.41, 5.74) is 3.49. The first-order valence-corrected chi connectivity index (χ1v) is 12.4. The Kier molecular flexibility index (Phi) is 7.91. The van der Waals surface area contributed by atoms with Crippen LogP contribution in [0.4, 0.5) is 13.2 Å². The summed E-state index contributed by atoms with van der Waals surface area (Å²) in [5.74, 6) is 1.80. The minimum Gasteiger partial charge on any atom is -0.487 e. The second-order valence-corrected chi connectivity index (χ2v) is 8.86. The van der Waals surface area contributed by atoms with Crippen LogP contribution in [-0.4, -0.2) is 19.9 Å². The normalized spacial score (nSPS) is 11.9. The third kappa shape index (κ3) is 7.04. The van der Waals surface area contributed by atoms with E-state index in [1.54, 1.807) is 24.7 Å². The molecule has 3 heterocycles. The lowest BCUT2D eigenvalue weighted by Gasteiger charge is -2.06. The van der Waals surface area contributed by atoms with E-state index in [1.165, 1.54) is 30.4 Å². The summed E-state index contributed by atoms with van der Waals surface area (Å²) >= 11 is 0. The van der Waals surface area contributed by atoms with Crippen molar-refractivity contribution in [1.29, 1.82) is 0 Å². The molecule has 200 valence electrons. The van der Waals surface area contributed by atoms with Gasteiger partial charge in [0.25, 0.3) is 0 Å². The van der Waals surface area contributed by atoms with Crippen molar-refractivity contribution >= 4 is 12.2 Å². The predicted molar refractivity (Wildman–Crippen MR) is 138 cm³/mol. The van der Waals surface area contributed by atoms with Crippen LogP contribution in [0.15, 0.2) is 82.5 Å². The molecule has 0 radical (unpaired) electrons. The van der Waals surface area contributed by atoms with Crippen LogP contribution >= 0.6 is 0 Å². The molecular weight excluding hydrogens is 509 g/mol. The van der Waals surface area contributed by atoms with Gasteiger partial charge >= 0.3 is 6.18 Å². The van der Waals surface area contributed by atoms with Crippen LogP contribution in [0.3, 0.4) is 0 Å². The number of H-pyrrole nitrogens is 1. The van der Waals surface area contributed by atoms with E-state index in [-0.39, 0.29) is 6.61 Å². The molecule has 5 rings (SSSR count). The van der Waals surface area contributed by atoms with Gasteiger partial charge in [-0.25, -0.2) is 15.0 Å². The van der Waals surface area contributed by atoms with Gasteiger partial charge in [0.15, 0.2) is 12.2 Å². The number of aromatic amines is 1. The Morgan fingerprint density at radius 1 is 0.923 bits per heavy atom. The lowest BCUT2D eigenvalue weighted by molar-refractivity contribution is -0.137. The molecule has 0 aliphatic heterocycles. The average Bonchev–Trinajstić information content (AvgIpc) is 3.71.